The quantitative estimate of drug-likeness (QED) is 0.728. The first-order valence-electron chi connectivity index (χ1n) is 5.52. The number of hydrogen-bond donors (Lipinski definition) is 1. The van der Waals surface area contributed by atoms with Crippen LogP contribution in [-0.2, 0) is 6.18 Å². The maximum Gasteiger partial charge on any atom is 0.433 e. The van der Waals surface area contributed by atoms with Gasteiger partial charge in [0.25, 0.3) is 0 Å². The van der Waals surface area contributed by atoms with Crippen molar-refractivity contribution < 1.29 is 13.2 Å². The zero-order valence-electron chi connectivity index (χ0n) is 9.57. The lowest BCUT2D eigenvalue weighted by Crippen LogP contribution is -2.08. The predicted octanol–water partition coefficient (Wildman–Crippen LogP) is 3.64. The van der Waals surface area contributed by atoms with E-state index in [0.717, 1.165) is 23.2 Å². The van der Waals surface area contributed by atoms with Gasteiger partial charge in [-0.2, -0.15) is 13.2 Å². The molecule has 2 heterocycles. The van der Waals surface area contributed by atoms with E-state index in [-0.39, 0.29) is 5.82 Å². The SMILES string of the molecule is FC(F)(F)c1ccnc(-c2ccc3[nH]ccc3c2)n1. The maximum absolute atomic E-state index is 12.6. The Labute approximate surface area is 106 Å². The summed E-state index contributed by atoms with van der Waals surface area (Å²) in [5.41, 5.74) is 0.528. The van der Waals surface area contributed by atoms with Gasteiger partial charge in [0.2, 0.25) is 0 Å². The first-order chi connectivity index (χ1) is 9.04. The molecule has 19 heavy (non-hydrogen) atoms. The Kier molecular flexibility index (Phi) is 2.51. The molecule has 0 aliphatic carbocycles. The molecule has 3 nitrogen and oxygen atoms in total. The van der Waals surface area contributed by atoms with Crippen LogP contribution in [0.25, 0.3) is 22.3 Å². The van der Waals surface area contributed by atoms with E-state index >= 15 is 0 Å². The number of nitrogens with zero attached hydrogens (tertiary/aromatic N) is 2. The van der Waals surface area contributed by atoms with Crippen molar-refractivity contribution in [3.8, 4) is 11.4 Å². The Morgan fingerprint density at radius 3 is 2.68 bits per heavy atom. The van der Waals surface area contributed by atoms with Gasteiger partial charge in [0.15, 0.2) is 5.82 Å². The Morgan fingerprint density at radius 1 is 1.05 bits per heavy atom. The predicted molar refractivity (Wildman–Crippen MR) is 64.3 cm³/mol. The Hall–Kier alpha value is -2.37. The minimum Gasteiger partial charge on any atom is -0.361 e. The van der Waals surface area contributed by atoms with Crippen molar-refractivity contribution in [3.63, 3.8) is 0 Å². The van der Waals surface area contributed by atoms with Crippen molar-refractivity contribution in [3.05, 3.63) is 48.4 Å². The van der Waals surface area contributed by atoms with Crippen molar-refractivity contribution >= 4 is 10.9 Å². The van der Waals surface area contributed by atoms with Gasteiger partial charge in [-0.3, -0.25) is 0 Å². The molecule has 0 saturated heterocycles. The van der Waals surface area contributed by atoms with Crippen LogP contribution in [-0.4, -0.2) is 15.0 Å². The highest BCUT2D eigenvalue weighted by atomic mass is 19.4. The van der Waals surface area contributed by atoms with E-state index in [0.29, 0.717) is 5.56 Å². The van der Waals surface area contributed by atoms with Gasteiger partial charge < -0.3 is 4.98 Å². The number of hydrogen-bond acceptors (Lipinski definition) is 2. The summed E-state index contributed by atoms with van der Waals surface area (Å²) in [7, 11) is 0. The fourth-order valence-corrected chi connectivity index (χ4v) is 1.85. The van der Waals surface area contributed by atoms with Crippen LogP contribution in [0, 0.1) is 0 Å². The van der Waals surface area contributed by atoms with Crippen LogP contribution in [0.5, 0.6) is 0 Å². The lowest BCUT2D eigenvalue weighted by atomic mass is 10.1. The number of benzene rings is 1. The van der Waals surface area contributed by atoms with Crippen LogP contribution in [0.2, 0.25) is 0 Å². The molecule has 3 rings (SSSR count). The molecular weight excluding hydrogens is 255 g/mol. The molecule has 0 bridgehead atoms. The summed E-state index contributed by atoms with van der Waals surface area (Å²) in [4.78, 5) is 10.5. The summed E-state index contributed by atoms with van der Waals surface area (Å²) in [6.07, 6.45) is -1.58. The standard InChI is InChI=1S/C13H8F3N3/c14-13(15,16)11-4-6-18-12(19-11)9-1-2-10-8(7-9)3-5-17-10/h1-7,17H. The Bertz CT molecular complexity index is 731. The van der Waals surface area contributed by atoms with Crippen LogP contribution >= 0.6 is 0 Å². The molecule has 6 heteroatoms. The summed E-state index contributed by atoms with van der Waals surface area (Å²) in [6.45, 7) is 0. The molecule has 1 N–H and O–H groups in total. The summed E-state index contributed by atoms with van der Waals surface area (Å²) in [5, 5.41) is 0.901. The molecule has 0 amide bonds. The number of aromatic amines is 1. The van der Waals surface area contributed by atoms with Gasteiger partial charge in [0, 0.05) is 28.9 Å². The summed E-state index contributed by atoms with van der Waals surface area (Å²) < 4.78 is 37.8. The molecule has 96 valence electrons. The monoisotopic (exact) mass is 263 g/mol. The summed E-state index contributed by atoms with van der Waals surface area (Å²) in [5.74, 6) is 0.0675. The molecule has 0 aliphatic rings. The van der Waals surface area contributed by atoms with Gasteiger partial charge in [0.1, 0.15) is 5.69 Å². The van der Waals surface area contributed by atoms with Gasteiger partial charge in [-0.15, -0.1) is 0 Å². The highest BCUT2D eigenvalue weighted by Gasteiger charge is 2.32. The second-order valence-electron chi connectivity index (χ2n) is 4.04. The van der Waals surface area contributed by atoms with Crippen molar-refractivity contribution in [2.24, 2.45) is 0 Å². The number of H-pyrrole nitrogens is 1. The van der Waals surface area contributed by atoms with Crippen molar-refractivity contribution in [2.45, 2.75) is 6.18 Å². The second-order valence-corrected chi connectivity index (χ2v) is 4.04. The van der Waals surface area contributed by atoms with Gasteiger partial charge >= 0.3 is 6.18 Å². The van der Waals surface area contributed by atoms with Crippen LogP contribution in [0.3, 0.4) is 0 Å². The van der Waals surface area contributed by atoms with Gasteiger partial charge in [-0.05, 0) is 30.3 Å². The van der Waals surface area contributed by atoms with Crippen LogP contribution in [0.4, 0.5) is 13.2 Å². The molecule has 3 aromatic rings. The van der Waals surface area contributed by atoms with E-state index in [9.17, 15) is 13.2 Å². The molecule has 0 aliphatic heterocycles. The molecule has 0 saturated carbocycles. The van der Waals surface area contributed by atoms with Crippen LogP contribution in [0.15, 0.2) is 42.7 Å². The van der Waals surface area contributed by atoms with Gasteiger partial charge in [-0.1, -0.05) is 0 Å². The fourth-order valence-electron chi connectivity index (χ4n) is 1.85. The Morgan fingerprint density at radius 2 is 1.89 bits per heavy atom. The van der Waals surface area contributed by atoms with Gasteiger partial charge in [0.05, 0.1) is 0 Å². The number of aromatic nitrogens is 3. The van der Waals surface area contributed by atoms with Crippen molar-refractivity contribution in [1.29, 1.82) is 0 Å². The third-order valence-electron chi connectivity index (χ3n) is 2.76. The first-order valence-corrected chi connectivity index (χ1v) is 5.52. The van der Waals surface area contributed by atoms with Crippen LogP contribution < -0.4 is 0 Å². The van der Waals surface area contributed by atoms with E-state index in [1.807, 2.05) is 6.07 Å². The minimum atomic E-state index is -4.46. The summed E-state index contributed by atoms with van der Waals surface area (Å²) in [6, 6.07) is 7.93. The highest BCUT2D eigenvalue weighted by Crippen LogP contribution is 2.29. The molecule has 0 radical (unpaired) electrons. The second kappa shape index (κ2) is 4.08. The van der Waals surface area contributed by atoms with E-state index < -0.39 is 11.9 Å². The minimum absolute atomic E-state index is 0.0675. The zero-order chi connectivity index (χ0) is 13.5. The normalized spacial score (nSPS) is 11.9. The smallest absolute Gasteiger partial charge is 0.361 e. The largest absolute Gasteiger partial charge is 0.433 e. The Balaban J connectivity index is 2.10. The molecule has 1 aromatic carbocycles. The first kappa shape index (κ1) is 11.7. The number of fused-ring (bicyclic) bond motifs is 1. The number of rotatable bonds is 1. The van der Waals surface area contributed by atoms with E-state index in [1.54, 1.807) is 24.4 Å². The van der Waals surface area contributed by atoms with E-state index in [2.05, 4.69) is 15.0 Å². The molecule has 0 spiro atoms. The highest BCUT2D eigenvalue weighted by molar-refractivity contribution is 5.83. The molecule has 0 fully saturated rings. The summed E-state index contributed by atoms with van der Waals surface area (Å²) >= 11 is 0. The third kappa shape index (κ3) is 2.16. The van der Waals surface area contributed by atoms with E-state index in [1.165, 1.54) is 0 Å². The number of nitrogens with one attached hydrogen (secondary N) is 1. The van der Waals surface area contributed by atoms with Crippen molar-refractivity contribution in [1.82, 2.24) is 15.0 Å². The maximum atomic E-state index is 12.6. The lowest BCUT2D eigenvalue weighted by Gasteiger charge is -2.07. The number of halogens is 3. The lowest BCUT2D eigenvalue weighted by molar-refractivity contribution is -0.141. The van der Waals surface area contributed by atoms with E-state index in [4.69, 9.17) is 0 Å². The molecule has 0 unspecified atom stereocenters. The average molecular weight is 263 g/mol. The fraction of sp³-hybridized carbons (Fsp3) is 0.0769. The molecule has 0 atom stereocenters. The third-order valence-corrected chi connectivity index (χ3v) is 2.76. The van der Waals surface area contributed by atoms with Crippen molar-refractivity contribution in [2.75, 3.05) is 0 Å². The van der Waals surface area contributed by atoms with Crippen LogP contribution in [0.1, 0.15) is 5.69 Å². The van der Waals surface area contributed by atoms with Gasteiger partial charge in [-0.25, -0.2) is 9.97 Å². The zero-order valence-corrected chi connectivity index (χ0v) is 9.57. The topological polar surface area (TPSA) is 41.6 Å². The number of alkyl halides is 3. The molecule has 2 aromatic heterocycles. The average Bonchev–Trinajstić information content (AvgIpc) is 2.85. The molecular formula is C13H8F3N3.